The number of thioether (sulfide) groups is 1. The number of rotatable bonds is 12. The Labute approximate surface area is 303 Å². The van der Waals surface area contributed by atoms with Crippen molar-refractivity contribution in [2.24, 2.45) is 0 Å². The fourth-order valence-electron chi connectivity index (χ4n) is 5.35. The lowest BCUT2D eigenvalue weighted by molar-refractivity contribution is -0.143. The molecule has 9 nitrogen and oxygen atoms in total. The highest BCUT2D eigenvalue weighted by Gasteiger charge is 2.37. The molecule has 2 amide bonds. The van der Waals surface area contributed by atoms with E-state index in [-0.39, 0.29) is 69.4 Å². The third kappa shape index (κ3) is 10.1. The first-order valence-electron chi connectivity index (χ1n) is 15.8. The fraction of sp³-hybridized carbons (Fsp3) is 0.314. The summed E-state index contributed by atoms with van der Waals surface area (Å²) in [5.41, 5.74) is -2.42. The topological polar surface area (TPSA) is 108 Å². The molecule has 3 aromatic rings. The molecular weight excluding hydrogens is 737 g/mol. The van der Waals surface area contributed by atoms with Crippen LogP contribution in [0.1, 0.15) is 39.0 Å². The second-order valence-electron chi connectivity index (χ2n) is 11.7. The third-order valence-corrected chi connectivity index (χ3v) is 9.46. The molecule has 0 spiro atoms. The van der Waals surface area contributed by atoms with Crippen molar-refractivity contribution in [1.82, 2.24) is 15.1 Å². The van der Waals surface area contributed by atoms with E-state index >= 15 is 0 Å². The third-order valence-electron chi connectivity index (χ3n) is 8.09. The summed E-state index contributed by atoms with van der Waals surface area (Å²) in [6.07, 6.45) is -8.82. The van der Waals surface area contributed by atoms with Crippen molar-refractivity contribution in [3.63, 3.8) is 0 Å². The van der Waals surface area contributed by atoms with E-state index < -0.39 is 41.3 Å². The lowest BCUT2D eigenvalue weighted by Crippen LogP contribution is -2.38. The van der Waals surface area contributed by atoms with E-state index in [2.05, 4.69) is 10.2 Å². The molecule has 2 fully saturated rings. The van der Waals surface area contributed by atoms with Gasteiger partial charge in [0, 0.05) is 44.7 Å². The number of halogens is 6. The van der Waals surface area contributed by atoms with Crippen molar-refractivity contribution >= 4 is 52.2 Å². The number of carboxylic acids is 1. The molecule has 0 aliphatic carbocycles. The molecule has 0 aromatic heterocycles. The molecule has 2 saturated heterocycles. The second-order valence-corrected chi connectivity index (χ2v) is 13.4. The molecular formula is C35H31F6N3O6S2. The van der Waals surface area contributed by atoms with Gasteiger partial charge in [-0.1, -0.05) is 42.2 Å². The van der Waals surface area contributed by atoms with Gasteiger partial charge in [-0.2, -0.15) is 26.3 Å². The zero-order chi connectivity index (χ0) is 37.6. The summed E-state index contributed by atoms with van der Waals surface area (Å²) in [5.74, 6) is -1.86. The number of benzene rings is 3. The predicted octanol–water partition coefficient (Wildman–Crippen LogP) is 6.71. The maximum atomic E-state index is 13.6. The Hall–Kier alpha value is -4.45. The van der Waals surface area contributed by atoms with Crippen LogP contribution in [-0.4, -0.2) is 83.0 Å². The number of hydrogen-bond donors (Lipinski definition) is 2. The number of nitrogens with one attached hydrogen (secondary N) is 1. The van der Waals surface area contributed by atoms with Gasteiger partial charge in [-0.25, -0.2) is 4.79 Å². The number of hydrogen-bond acceptors (Lipinski definition) is 8. The van der Waals surface area contributed by atoms with Crippen molar-refractivity contribution in [2.45, 2.75) is 25.3 Å². The van der Waals surface area contributed by atoms with Gasteiger partial charge >= 0.3 is 18.3 Å². The summed E-state index contributed by atoms with van der Waals surface area (Å²) in [4.78, 5) is 40.7. The normalized spacial score (nSPS) is 16.4. The van der Waals surface area contributed by atoms with Gasteiger partial charge in [-0.15, -0.1) is 0 Å². The van der Waals surface area contributed by atoms with E-state index in [0.717, 1.165) is 11.8 Å². The van der Waals surface area contributed by atoms with Crippen LogP contribution in [0.25, 0.3) is 17.2 Å². The minimum absolute atomic E-state index is 0.0180. The van der Waals surface area contributed by atoms with E-state index in [0.29, 0.717) is 50.5 Å². The Kier molecular flexibility index (Phi) is 12.3. The minimum Gasteiger partial charge on any atom is -0.492 e. The molecule has 0 saturated carbocycles. The first kappa shape index (κ1) is 38.8. The van der Waals surface area contributed by atoms with E-state index in [1.165, 1.54) is 41.3 Å². The molecule has 2 heterocycles. The summed E-state index contributed by atoms with van der Waals surface area (Å²) >= 11 is 6.32. The van der Waals surface area contributed by atoms with Gasteiger partial charge in [0.25, 0.3) is 5.91 Å². The second kappa shape index (κ2) is 16.5. The zero-order valence-corrected chi connectivity index (χ0v) is 28.8. The van der Waals surface area contributed by atoms with Gasteiger partial charge < -0.3 is 19.9 Å². The van der Waals surface area contributed by atoms with E-state index in [1.54, 1.807) is 12.1 Å². The zero-order valence-electron chi connectivity index (χ0n) is 27.2. The molecule has 3 aromatic carbocycles. The molecule has 17 heteroatoms. The minimum atomic E-state index is -5.04. The van der Waals surface area contributed by atoms with Crippen LogP contribution in [0.5, 0.6) is 5.75 Å². The summed E-state index contributed by atoms with van der Waals surface area (Å²) in [6, 6.07) is 11.5. The van der Waals surface area contributed by atoms with Crippen molar-refractivity contribution in [3.8, 4) is 16.9 Å². The summed E-state index contributed by atoms with van der Waals surface area (Å²) in [5, 5.41) is 11.8. The predicted molar refractivity (Wildman–Crippen MR) is 184 cm³/mol. The summed E-state index contributed by atoms with van der Waals surface area (Å²) in [7, 11) is 0. The molecule has 0 bridgehead atoms. The number of carbonyl (C=O) groups excluding carboxylic acids is 2. The number of nitrogens with zero attached hydrogens (tertiary/aromatic N) is 2. The first-order chi connectivity index (χ1) is 24.6. The molecule has 2 N–H and O–H groups in total. The maximum Gasteiger partial charge on any atom is 0.416 e. The van der Waals surface area contributed by atoms with Crippen molar-refractivity contribution < 1.29 is 55.3 Å². The molecule has 0 radical (unpaired) electrons. The Bertz CT molecular complexity index is 1850. The van der Waals surface area contributed by atoms with E-state index in [1.807, 2.05) is 0 Å². The highest BCUT2D eigenvalue weighted by molar-refractivity contribution is 8.26. The highest BCUT2D eigenvalue weighted by Crippen LogP contribution is 2.40. The Morgan fingerprint density at radius 2 is 1.63 bits per heavy atom. The lowest BCUT2D eigenvalue weighted by atomic mass is 9.97. The number of carbonyl (C=O) groups is 3. The Morgan fingerprint density at radius 1 is 0.942 bits per heavy atom. The quantitative estimate of drug-likeness (QED) is 0.118. The fourth-order valence-corrected chi connectivity index (χ4v) is 6.65. The smallest absolute Gasteiger partial charge is 0.416 e. The summed E-state index contributed by atoms with van der Waals surface area (Å²) in [6.45, 7) is 3.16. The Morgan fingerprint density at radius 3 is 2.29 bits per heavy atom. The molecule has 0 atom stereocenters. The first-order valence-corrected chi connectivity index (χ1v) is 17.0. The van der Waals surface area contributed by atoms with Crippen molar-refractivity contribution in [2.75, 3.05) is 46.0 Å². The molecule has 2 aliphatic rings. The van der Waals surface area contributed by atoms with Crippen LogP contribution in [0.15, 0.2) is 65.6 Å². The van der Waals surface area contributed by atoms with E-state index in [4.69, 9.17) is 26.8 Å². The average molecular weight is 768 g/mol. The van der Waals surface area contributed by atoms with Crippen LogP contribution in [0.2, 0.25) is 0 Å². The molecule has 276 valence electrons. The van der Waals surface area contributed by atoms with Gasteiger partial charge in [0.15, 0.2) is 0 Å². The lowest BCUT2D eigenvalue weighted by Gasteiger charge is -2.26. The number of aromatic carboxylic acids is 1. The van der Waals surface area contributed by atoms with Crippen LogP contribution in [0, 0.1) is 0 Å². The molecule has 5 rings (SSSR count). The van der Waals surface area contributed by atoms with Crippen LogP contribution in [-0.2, 0) is 33.2 Å². The van der Waals surface area contributed by atoms with E-state index in [9.17, 15) is 40.7 Å². The van der Waals surface area contributed by atoms with Crippen LogP contribution < -0.4 is 10.1 Å². The number of amides is 2. The van der Waals surface area contributed by atoms with Crippen molar-refractivity contribution in [3.05, 3.63) is 93.4 Å². The summed E-state index contributed by atoms with van der Waals surface area (Å²) < 4.78 is 93.3. The number of morpholine rings is 1. The number of alkyl halides is 6. The average Bonchev–Trinajstić information content (AvgIpc) is 3.37. The highest BCUT2D eigenvalue weighted by atomic mass is 32.2. The monoisotopic (exact) mass is 767 g/mol. The number of thiocarbonyl (C=S) groups is 1. The number of carboxylic acid groups (broad SMARTS) is 1. The SMILES string of the molecule is O=C(CCN1C(=O)C(=Cc2cc(-c3cc(C(F)(F)F)cc(C(F)(F)F)c3)ccc2OCCN2CCOCC2)SC1=S)NCc1cccc(C(=O)O)c1. The van der Waals surface area contributed by atoms with Crippen LogP contribution in [0.3, 0.4) is 0 Å². The van der Waals surface area contributed by atoms with Crippen LogP contribution >= 0.6 is 24.0 Å². The standard InChI is InChI=1S/C35H31F6N3O6S2/c36-34(37,38)26-16-24(17-27(19-26)35(39,40)41)22-4-5-28(50-13-10-43-8-11-49-12-9-43)25(15-22)18-29-31(46)44(33(51)52-29)7-6-30(45)42-20-21-2-1-3-23(14-21)32(47)48/h1-5,14-19H,6-13,20H2,(H,42,45)(H,47,48). The molecule has 2 aliphatic heterocycles. The van der Waals surface area contributed by atoms with Gasteiger partial charge in [0.2, 0.25) is 5.91 Å². The van der Waals surface area contributed by atoms with Gasteiger partial charge in [-0.05, 0) is 65.2 Å². The number of ether oxygens (including phenoxy) is 2. The van der Waals surface area contributed by atoms with Crippen LogP contribution in [0.4, 0.5) is 26.3 Å². The maximum absolute atomic E-state index is 13.6. The van der Waals surface area contributed by atoms with Gasteiger partial charge in [0.1, 0.15) is 16.7 Å². The largest absolute Gasteiger partial charge is 0.492 e. The van der Waals surface area contributed by atoms with Gasteiger partial charge in [-0.3, -0.25) is 19.4 Å². The van der Waals surface area contributed by atoms with Crippen molar-refractivity contribution in [1.29, 1.82) is 0 Å². The van der Waals surface area contributed by atoms with Gasteiger partial charge in [0.05, 0.1) is 34.8 Å². The Balaban J connectivity index is 1.36. The molecule has 52 heavy (non-hydrogen) atoms. The molecule has 0 unspecified atom stereocenters.